The zero-order valence-corrected chi connectivity index (χ0v) is 10.2. The van der Waals surface area contributed by atoms with Gasteiger partial charge >= 0.3 is 5.97 Å². The Hall–Kier alpha value is -2.56. The molecule has 0 unspecified atom stereocenters. The molecule has 0 heterocycles. The van der Waals surface area contributed by atoms with E-state index in [0.717, 1.165) is 0 Å². The minimum absolute atomic E-state index is 0.0398. The van der Waals surface area contributed by atoms with Gasteiger partial charge in [-0.15, -0.1) is 0 Å². The fourth-order valence-electron chi connectivity index (χ4n) is 1.64. The van der Waals surface area contributed by atoms with Crippen LogP contribution in [0.5, 0.6) is 11.5 Å². The second-order valence-corrected chi connectivity index (χ2v) is 4.04. The third-order valence-electron chi connectivity index (χ3n) is 2.63. The van der Waals surface area contributed by atoms with Crippen LogP contribution in [0.4, 0.5) is 10.1 Å². The number of hydrogen-bond acceptors (Lipinski definition) is 3. The van der Waals surface area contributed by atoms with Crippen molar-refractivity contribution in [3.05, 3.63) is 53.3 Å². The minimum atomic E-state index is -1.14. The summed E-state index contributed by atoms with van der Waals surface area (Å²) in [5, 5.41) is 9.07. The van der Waals surface area contributed by atoms with Gasteiger partial charge in [0.2, 0.25) is 0 Å². The number of rotatable bonds is 3. The summed E-state index contributed by atoms with van der Waals surface area (Å²) < 4.78 is 18.6. The molecule has 0 bridgehead atoms. The molecular weight excluding hydrogens is 249 g/mol. The average molecular weight is 261 g/mol. The van der Waals surface area contributed by atoms with Crippen molar-refractivity contribution in [3.8, 4) is 11.5 Å². The van der Waals surface area contributed by atoms with Gasteiger partial charge in [-0.25, -0.2) is 9.18 Å². The highest BCUT2D eigenvalue weighted by Gasteiger charge is 2.15. The number of carbonyl (C=O) groups is 1. The number of para-hydroxylation sites is 1. The first-order valence-electron chi connectivity index (χ1n) is 5.55. The van der Waals surface area contributed by atoms with Crippen LogP contribution in [0.1, 0.15) is 15.9 Å². The lowest BCUT2D eigenvalue weighted by molar-refractivity contribution is 0.0694. The number of aryl methyl sites for hydroxylation is 1. The predicted octanol–water partition coefficient (Wildman–Crippen LogP) is 3.21. The topological polar surface area (TPSA) is 72.5 Å². The van der Waals surface area contributed by atoms with Gasteiger partial charge in [0.25, 0.3) is 0 Å². The fraction of sp³-hybridized carbons (Fsp3) is 0.0714. The number of aromatic carboxylic acids is 1. The van der Waals surface area contributed by atoms with E-state index >= 15 is 0 Å². The van der Waals surface area contributed by atoms with Gasteiger partial charge in [-0.3, -0.25) is 0 Å². The summed E-state index contributed by atoms with van der Waals surface area (Å²) in [6.45, 7) is 1.59. The Kier molecular flexibility index (Phi) is 3.37. The van der Waals surface area contributed by atoms with Crippen molar-refractivity contribution in [1.29, 1.82) is 0 Å². The van der Waals surface area contributed by atoms with Crippen LogP contribution < -0.4 is 10.5 Å². The molecule has 2 aromatic rings. The summed E-state index contributed by atoms with van der Waals surface area (Å²) in [5.41, 5.74) is 6.29. The van der Waals surface area contributed by atoms with E-state index in [4.69, 9.17) is 15.6 Å². The Bertz CT molecular complexity index is 641. The Balaban J connectivity index is 2.42. The minimum Gasteiger partial charge on any atom is -0.478 e. The average Bonchev–Trinajstić information content (AvgIpc) is 2.36. The van der Waals surface area contributed by atoms with Crippen LogP contribution in [-0.2, 0) is 0 Å². The molecule has 3 N–H and O–H groups in total. The van der Waals surface area contributed by atoms with E-state index in [0.29, 0.717) is 11.3 Å². The molecule has 4 nitrogen and oxygen atoms in total. The maximum Gasteiger partial charge on any atom is 0.339 e. The quantitative estimate of drug-likeness (QED) is 0.832. The third kappa shape index (κ3) is 2.65. The van der Waals surface area contributed by atoms with E-state index in [-0.39, 0.29) is 22.8 Å². The van der Waals surface area contributed by atoms with Gasteiger partial charge in [0, 0.05) is 0 Å². The van der Waals surface area contributed by atoms with E-state index in [1.54, 1.807) is 6.92 Å². The van der Waals surface area contributed by atoms with Crippen molar-refractivity contribution >= 4 is 11.7 Å². The molecule has 0 radical (unpaired) electrons. The molecule has 19 heavy (non-hydrogen) atoms. The van der Waals surface area contributed by atoms with Crippen LogP contribution in [0.2, 0.25) is 0 Å². The number of ether oxygens (including phenoxy) is 1. The summed E-state index contributed by atoms with van der Waals surface area (Å²) in [6, 6.07) is 8.61. The van der Waals surface area contributed by atoms with Gasteiger partial charge in [-0.1, -0.05) is 6.07 Å². The van der Waals surface area contributed by atoms with Crippen LogP contribution in [0.15, 0.2) is 36.4 Å². The molecule has 0 aromatic heterocycles. The van der Waals surface area contributed by atoms with Crippen molar-refractivity contribution in [2.45, 2.75) is 6.92 Å². The van der Waals surface area contributed by atoms with Crippen LogP contribution in [0, 0.1) is 12.7 Å². The maximum absolute atomic E-state index is 13.1. The summed E-state index contributed by atoms with van der Waals surface area (Å²) >= 11 is 0. The molecule has 0 aliphatic carbocycles. The molecule has 0 saturated carbocycles. The highest BCUT2D eigenvalue weighted by molar-refractivity contribution is 5.93. The second-order valence-electron chi connectivity index (χ2n) is 4.04. The Morgan fingerprint density at radius 2 is 2.05 bits per heavy atom. The second kappa shape index (κ2) is 4.97. The number of benzene rings is 2. The van der Waals surface area contributed by atoms with E-state index < -0.39 is 5.97 Å². The molecule has 0 saturated heterocycles. The number of nitrogens with two attached hydrogens (primary N) is 1. The van der Waals surface area contributed by atoms with Crippen LogP contribution in [-0.4, -0.2) is 11.1 Å². The normalized spacial score (nSPS) is 10.2. The zero-order chi connectivity index (χ0) is 14.0. The van der Waals surface area contributed by atoms with Crippen molar-refractivity contribution in [2.24, 2.45) is 0 Å². The lowest BCUT2D eigenvalue weighted by Crippen LogP contribution is -2.03. The van der Waals surface area contributed by atoms with Gasteiger partial charge in [-0.2, -0.15) is 0 Å². The predicted molar refractivity (Wildman–Crippen MR) is 69.0 cm³/mol. The third-order valence-corrected chi connectivity index (χ3v) is 2.63. The molecule has 0 atom stereocenters. The molecule has 0 amide bonds. The van der Waals surface area contributed by atoms with Gasteiger partial charge in [0.15, 0.2) is 5.75 Å². The smallest absolute Gasteiger partial charge is 0.339 e. The Morgan fingerprint density at radius 1 is 1.32 bits per heavy atom. The van der Waals surface area contributed by atoms with Gasteiger partial charge in [-0.05, 0) is 42.8 Å². The maximum atomic E-state index is 13.1. The van der Waals surface area contributed by atoms with E-state index in [1.165, 1.54) is 36.4 Å². The molecule has 0 aliphatic rings. The number of nitrogen functional groups attached to an aromatic ring is 1. The van der Waals surface area contributed by atoms with Crippen LogP contribution in [0.25, 0.3) is 0 Å². The Morgan fingerprint density at radius 3 is 2.68 bits per heavy atom. The number of hydrogen-bond donors (Lipinski definition) is 2. The Labute approximate surface area is 109 Å². The number of carboxylic acids is 1. The monoisotopic (exact) mass is 261 g/mol. The van der Waals surface area contributed by atoms with Gasteiger partial charge in [0.1, 0.15) is 17.1 Å². The van der Waals surface area contributed by atoms with Crippen molar-refractivity contribution < 1.29 is 19.0 Å². The number of halogens is 1. The first-order chi connectivity index (χ1) is 8.99. The van der Waals surface area contributed by atoms with Crippen LogP contribution in [0.3, 0.4) is 0 Å². The van der Waals surface area contributed by atoms with E-state index in [1.807, 2.05) is 0 Å². The summed E-state index contributed by atoms with van der Waals surface area (Å²) in [6.07, 6.45) is 0. The highest BCUT2D eigenvalue weighted by atomic mass is 19.1. The van der Waals surface area contributed by atoms with Crippen molar-refractivity contribution in [3.63, 3.8) is 0 Å². The first kappa shape index (κ1) is 12.9. The largest absolute Gasteiger partial charge is 0.478 e. The van der Waals surface area contributed by atoms with E-state index in [2.05, 4.69) is 0 Å². The van der Waals surface area contributed by atoms with Gasteiger partial charge in [0.05, 0.1) is 5.69 Å². The fourth-order valence-corrected chi connectivity index (χ4v) is 1.64. The zero-order valence-electron chi connectivity index (χ0n) is 10.2. The molecule has 0 fully saturated rings. The summed E-state index contributed by atoms with van der Waals surface area (Å²) in [4.78, 5) is 11.1. The van der Waals surface area contributed by atoms with Crippen molar-refractivity contribution in [1.82, 2.24) is 0 Å². The van der Waals surface area contributed by atoms with Crippen LogP contribution >= 0.6 is 0 Å². The number of carboxylic acid groups (broad SMARTS) is 1. The first-order valence-corrected chi connectivity index (χ1v) is 5.55. The number of anilines is 1. The molecule has 98 valence electrons. The molecule has 2 rings (SSSR count). The molecular formula is C14H12FNO3. The van der Waals surface area contributed by atoms with Gasteiger partial charge < -0.3 is 15.6 Å². The SMILES string of the molecule is Cc1cc(Oc2c(N)cccc2C(=O)O)ccc1F. The lowest BCUT2D eigenvalue weighted by Gasteiger charge is -2.11. The van der Waals surface area contributed by atoms with Crippen molar-refractivity contribution in [2.75, 3.05) is 5.73 Å². The summed E-state index contributed by atoms with van der Waals surface area (Å²) in [5.74, 6) is -1.10. The standard InChI is InChI=1S/C14H12FNO3/c1-8-7-9(5-6-11(8)15)19-13-10(14(17)18)3-2-4-12(13)16/h2-7H,16H2,1H3,(H,17,18). The summed E-state index contributed by atoms with van der Waals surface area (Å²) in [7, 11) is 0. The molecule has 2 aromatic carbocycles. The lowest BCUT2D eigenvalue weighted by atomic mass is 10.1. The highest BCUT2D eigenvalue weighted by Crippen LogP contribution is 2.32. The van der Waals surface area contributed by atoms with E-state index in [9.17, 15) is 9.18 Å². The molecule has 0 spiro atoms. The molecule has 0 aliphatic heterocycles. The molecule has 5 heteroatoms.